The summed E-state index contributed by atoms with van der Waals surface area (Å²) in [6.07, 6.45) is 5.63. The summed E-state index contributed by atoms with van der Waals surface area (Å²) in [5.74, 6) is 0.978. The first-order chi connectivity index (χ1) is 10.3. The van der Waals surface area contributed by atoms with Crippen molar-refractivity contribution in [2.75, 3.05) is 6.54 Å². The van der Waals surface area contributed by atoms with Gasteiger partial charge in [0.15, 0.2) is 0 Å². The van der Waals surface area contributed by atoms with Crippen molar-refractivity contribution < 1.29 is 0 Å². The van der Waals surface area contributed by atoms with Crippen LogP contribution in [-0.2, 0) is 6.54 Å². The largest absolute Gasteiger partial charge is 0.313 e. The molecule has 1 N–H and O–H groups in total. The molecule has 0 bridgehead atoms. The molecule has 1 saturated carbocycles. The van der Waals surface area contributed by atoms with Gasteiger partial charge in [-0.15, -0.1) is 0 Å². The van der Waals surface area contributed by atoms with Gasteiger partial charge in [-0.2, -0.15) is 5.10 Å². The molecule has 112 valence electrons. The molecule has 0 radical (unpaired) electrons. The molecule has 0 atom stereocenters. The Kier molecular flexibility index (Phi) is 4.39. The van der Waals surface area contributed by atoms with Crippen molar-refractivity contribution in [2.24, 2.45) is 5.92 Å². The number of benzene rings is 1. The molecule has 2 aromatic rings. The minimum Gasteiger partial charge on any atom is -0.313 e. The summed E-state index contributed by atoms with van der Waals surface area (Å²) in [7, 11) is 0. The van der Waals surface area contributed by atoms with E-state index in [1.54, 1.807) is 0 Å². The third-order valence-corrected chi connectivity index (χ3v) is 4.70. The van der Waals surface area contributed by atoms with E-state index in [1.807, 2.05) is 6.07 Å². The highest BCUT2D eigenvalue weighted by Gasteiger charge is 2.17. The van der Waals surface area contributed by atoms with Gasteiger partial charge in [-0.1, -0.05) is 37.5 Å². The molecule has 1 aromatic carbocycles. The van der Waals surface area contributed by atoms with E-state index in [0.717, 1.165) is 30.4 Å². The van der Waals surface area contributed by atoms with Crippen molar-refractivity contribution in [1.29, 1.82) is 0 Å². The number of hydrogen-bond acceptors (Lipinski definition) is 2. The van der Waals surface area contributed by atoms with Crippen LogP contribution in [0.4, 0.5) is 0 Å². The Morgan fingerprint density at radius 1 is 1.19 bits per heavy atom. The van der Waals surface area contributed by atoms with Crippen LogP contribution in [0.15, 0.2) is 30.3 Å². The first kappa shape index (κ1) is 14.3. The fourth-order valence-corrected chi connectivity index (χ4v) is 3.05. The monoisotopic (exact) mass is 283 g/mol. The smallest absolute Gasteiger partial charge is 0.0648 e. The normalized spacial score (nSPS) is 15.1. The van der Waals surface area contributed by atoms with Crippen LogP contribution in [0.3, 0.4) is 0 Å². The molecule has 1 aliphatic carbocycles. The number of nitrogens with one attached hydrogen (secondary N) is 1. The summed E-state index contributed by atoms with van der Waals surface area (Å²) in [5, 5.41) is 8.29. The van der Waals surface area contributed by atoms with Crippen LogP contribution in [0, 0.1) is 19.8 Å². The third kappa shape index (κ3) is 3.18. The summed E-state index contributed by atoms with van der Waals surface area (Å²) in [6, 6.07) is 10.4. The second-order valence-electron chi connectivity index (χ2n) is 6.16. The number of hydrogen-bond donors (Lipinski definition) is 1. The highest BCUT2D eigenvalue weighted by molar-refractivity contribution is 5.36. The lowest BCUT2D eigenvalue weighted by Gasteiger charge is -2.25. The van der Waals surface area contributed by atoms with Gasteiger partial charge in [0.2, 0.25) is 0 Å². The topological polar surface area (TPSA) is 29.9 Å². The highest BCUT2D eigenvalue weighted by atomic mass is 15.3. The fraction of sp³-hybridized carbons (Fsp3) is 0.500. The summed E-state index contributed by atoms with van der Waals surface area (Å²) < 4.78 is 2.05. The summed E-state index contributed by atoms with van der Waals surface area (Å²) in [4.78, 5) is 0. The average molecular weight is 283 g/mol. The van der Waals surface area contributed by atoms with Crippen molar-refractivity contribution >= 4 is 0 Å². The van der Waals surface area contributed by atoms with Crippen LogP contribution < -0.4 is 5.32 Å². The lowest BCUT2D eigenvalue weighted by atomic mass is 9.83. The Hall–Kier alpha value is -1.61. The molecule has 1 fully saturated rings. The molecule has 3 heteroatoms. The minimum atomic E-state index is 0.928. The van der Waals surface area contributed by atoms with Crippen molar-refractivity contribution in [3.63, 3.8) is 0 Å². The van der Waals surface area contributed by atoms with Crippen LogP contribution in [0.2, 0.25) is 0 Å². The quantitative estimate of drug-likeness (QED) is 0.818. The van der Waals surface area contributed by atoms with Crippen LogP contribution in [0.25, 0.3) is 5.69 Å². The van der Waals surface area contributed by atoms with Gasteiger partial charge in [0.1, 0.15) is 0 Å². The molecule has 0 aliphatic heterocycles. The fourth-order valence-electron chi connectivity index (χ4n) is 3.05. The molecule has 3 rings (SSSR count). The van der Waals surface area contributed by atoms with Gasteiger partial charge in [0, 0.05) is 17.8 Å². The number of para-hydroxylation sites is 1. The predicted molar refractivity (Wildman–Crippen MR) is 86.7 cm³/mol. The molecular weight excluding hydrogens is 258 g/mol. The Bertz CT molecular complexity index is 582. The van der Waals surface area contributed by atoms with Crippen molar-refractivity contribution in [3.8, 4) is 5.69 Å². The average Bonchev–Trinajstić information content (AvgIpc) is 2.73. The van der Waals surface area contributed by atoms with Crippen molar-refractivity contribution in [2.45, 2.75) is 46.1 Å². The van der Waals surface area contributed by atoms with E-state index in [2.05, 4.69) is 48.1 Å². The van der Waals surface area contributed by atoms with Gasteiger partial charge in [-0.05, 0) is 44.9 Å². The second-order valence-corrected chi connectivity index (χ2v) is 6.16. The molecule has 1 heterocycles. The number of aromatic nitrogens is 2. The highest BCUT2D eigenvalue weighted by Crippen LogP contribution is 2.28. The zero-order chi connectivity index (χ0) is 14.7. The van der Waals surface area contributed by atoms with E-state index < -0.39 is 0 Å². The van der Waals surface area contributed by atoms with Gasteiger partial charge < -0.3 is 5.32 Å². The first-order valence-electron chi connectivity index (χ1n) is 8.07. The molecule has 1 aliphatic rings. The zero-order valence-electron chi connectivity index (χ0n) is 13.1. The Morgan fingerprint density at radius 3 is 2.62 bits per heavy atom. The lowest BCUT2D eigenvalue weighted by Crippen LogP contribution is -2.21. The molecule has 0 spiro atoms. The zero-order valence-corrected chi connectivity index (χ0v) is 13.1. The first-order valence-corrected chi connectivity index (χ1v) is 8.07. The Balaban J connectivity index is 1.63. The number of rotatable bonds is 6. The predicted octanol–water partition coefficient (Wildman–Crippen LogP) is 3.77. The maximum atomic E-state index is 4.70. The van der Waals surface area contributed by atoms with Crippen molar-refractivity contribution in [1.82, 2.24) is 15.1 Å². The van der Waals surface area contributed by atoms with E-state index in [1.165, 1.54) is 36.9 Å². The maximum Gasteiger partial charge on any atom is 0.0648 e. The van der Waals surface area contributed by atoms with Gasteiger partial charge >= 0.3 is 0 Å². The van der Waals surface area contributed by atoms with Crippen molar-refractivity contribution in [3.05, 3.63) is 47.3 Å². The number of aryl methyl sites for hydroxylation is 1. The number of nitrogens with zero attached hydrogens (tertiary/aromatic N) is 2. The molecule has 0 unspecified atom stereocenters. The maximum absolute atomic E-state index is 4.70. The van der Waals surface area contributed by atoms with E-state index in [0.29, 0.717) is 0 Å². The SMILES string of the molecule is Cc1nn(-c2ccccc2)c(C)c1CNCCC1CCC1. The van der Waals surface area contributed by atoms with E-state index in [4.69, 9.17) is 5.10 Å². The molecule has 0 saturated heterocycles. The molecule has 1 aromatic heterocycles. The molecule has 21 heavy (non-hydrogen) atoms. The van der Waals surface area contributed by atoms with E-state index >= 15 is 0 Å². The molecule has 3 nitrogen and oxygen atoms in total. The minimum absolute atomic E-state index is 0.928. The van der Waals surface area contributed by atoms with Crippen LogP contribution in [0.5, 0.6) is 0 Å². The van der Waals surface area contributed by atoms with Crippen LogP contribution in [0.1, 0.15) is 42.6 Å². The summed E-state index contributed by atoms with van der Waals surface area (Å²) >= 11 is 0. The standard InChI is InChI=1S/C18H25N3/c1-14-18(13-19-12-11-16-7-6-8-16)15(2)21(20-14)17-9-4-3-5-10-17/h3-5,9-10,16,19H,6-8,11-13H2,1-2H3. The second kappa shape index (κ2) is 6.44. The van der Waals surface area contributed by atoms with Gasteiger partial charge in [0.25, 0.3) is 0 Å². The van der Waals surface area contributed by atoms with E-state index in [9.17, 15) is 0 Å². The summed E-state index contributed by atoms with van der Waals surface area (Å²) in [5.41, 5.74) is 4.86. The lowest BCUT2D eigenvalue weighted by molar-refractivity contribution is 0.292. The summed E-state index contributed by atoms with van der Waals surface area (Å²) in [6.45, 7) is 6.32. The molecule has 0 amide bonds. The van der Waals surface area contributed by atoms with Crippen LogP contribution >= 0.6 is 0 Å². The Labute approximate surface area is 127 Å². The Morgan fingerprint density at radius 2 is 1.95 bits per heavy atom. The van der Waals surface area contributed by atoms with Gasteiger partial charge in [-0.25, -0.2) is 4.68 Å². The van der Waals surface area contributed by atoms with E-state index in [-0.39, 0.29) is 0 Å². The third-order valence-electron chi connectivity index (χ3n) is 4.70. The van der Waals surface area contributed by atoms with Gasteiger partial charge in [-0.3, -0.25) is 0 Å². The van der Waals surface area contributed by atoms with Gasteiger partial charge in [0.05, 0.1) is 11.4 Å². The molecular formula is C18H25N3. The van der Waals surface area contributed by atoms with Crippen LogP contribution in [-0.4, -0.2) is 16.3 Å².